The molecule has 0 radical (unpaired) electrons. The molecular weight excluding hydrogens is 328 g/mol. The zero-order chi connectivity index (χ0) is 16.9. The van der Waals surface area contributed by atoms with Crippen molar-refractivity contribution < 1.29 is 14.8 Å². The van der Waals surface area contributed by atoms with Crippen LogP contribution in [-0.4, -0.2) is 40.7 Å². The van der Waals surface area contributed by atoms with Gasteiger partial charge in [0.2, 0.25) is 0 Å². The molecule has 128 valence electrons. The van der Waals surface area contributed by atoms with E-state index in [2.05, 4.69) is 4.90 Å². The van der Waals surface area contributed by atoms with Crippen molar-refractivity contribution in [2.45, 2.75) is 25.1 Å². The summed E-state index contributed by atoms with van der Waals surface area (Å²) in [6, 6.07) is 10.7. The van der Waals surface area contributed by atoms with Crippen LogP contribution in [0.2, 0.25) is 0 Å². The monoisotopic (exact) mass is 348 g/mol. The second-order valence-corrected chi connectivity index (χ2v) is 6.83. The number of rotatable bonds is 6. The first-order chi connectivity index (χ1) is 11.6. The highest BCUT2D eigenvalue weighted by Crippen LogP contribution is 2.28. The van der Waals surface area contributed by atoms with Gasteiger partial charge < -0.3 is 9.84 Å². The lowest BCUT2D eigenvalue weighted by Gasteiger charge is -2.36. The molecule has 6 nitrogen and oxygen atoms in total. The first-order valence-corrected chi connectivity index (χ1v) is 8.78. The first-order valence-electron chi connectivity index (χ1n) is 7.90. The third-order valence-corrected chi connectivity index (χ3v) is 5.25. The minimum absolute atomic E-state index is 0.0376. The highest BCUT2D eigenvalue weighted by atomic mass is 32.1. The molecule has 0 amide bonds. The maximum Gasteiger partial charge on any atom is 0.273 e. The van der Waals surface area contributed by atoms with Crippen LogP contribution in [0.3, 0.4) is 0 Å². The van der Waals surface area contributed by atoms with Gasteiger partial charge in [0.1, 0.15) is 0 Å². The van der Waals surface area contributed by atoms with Crippen LogP contribution in [0.5, 0.6) is 0 Å². The summed E-state index contributed by atoms with van der Waals surface area (Å²) in [7, 11) is 0. The van der Waals surface area contributed by atoms with Crippen molar-refractivity contribution in [1.82, 2.24) is 4.90 Å². The number of para-hydroxylation sites is 1. The number of hydrogen-bond donors (Lipinski definition) is 1. The van der Waals surface area contributed by atoms with E-state index < -0.39 is 6.10 Å². The number of nitro benzene ring substituents is 1. The Hall–Kier alpha value is -1.80. The van der Waals surface area contributed by atoms with Crippen molar-refractivity contribution >= 4 is 17.0 Å². The molecule has 2 aromatic rings. The molecule has 1 N–H and O–H groups in total. The van der Waals surface area contributed by atoms with Crippen LogP contribution in [0.25, 0.3) is 0 Å². The normalized spacial score (nSPS) is 20.0. The van der Waals surface area contributed by atoms with Gasteiger partial charge in [0.15, 0.2) is 0 Å². The molecule has 1 aliphatic heterocycles. The van der Waals surface area contributed by atoms with Crippen molar-refractivity contribution in [2.24, 2.45) is 0 Å². The van der Waals surface area contributed by atoms with Gasteiger partial charge in [-0.2, -0.15) is 0 Å². The van der Waals surface area contributed by atoms with E-state index in [1.54, 1.807) is 12.1 Å². The molecule has 0 bridgehead atoms. The van der Waals surface area contributed by atoms with E-state index in [1.807, 2.05) is 23.6 Å². The van der Waals surface area contributed by atoms with Crippen molar-refractivity contribution in [2.75, 3.05) is 19.8 Å². The van der Waals surface area contributed by atoms with Gasteiger partial charge in [-0.3, -0.25) is 15.0 Å². The Bertz CT molecular complexity index is 677. The molecule has 1 aliphatic rings. The lowest BCUT2D eigenvalue weighted by Crippen LogP contribution is -2.45. The molecule has 1 aromatic heterocycles. The smallest absolute Gasteiger partial charge is 0.273 e. The zero-order valence-electron chi connectivity index (χ0n) is 13.2. The van der Waals surface area contributed by atoms with Crippen LogP contribution in [0.15, 0.2) is 41.8 Å². The number of aliphatic hydroxyl groups is 1. The molecule has 24 heavy (non-hydrogen) atoms. The Kier molecular flexibility index (Phi) is 5.57. The number of benzene rings is 1. The summed E-state index contributed by atoms with van der Waals surface area (Å²) in [5.41, 5.74) is 0.835. The molecule has 0 saturated carbocycles. The van der Waals surface area contributed by atoms with Crippen molar-refractivity contribution in [3.63, 3.8) is 0 Å². The largest absolute Gasteiger partial charge is 0.388 e. The van der Waals surface area contributed by atoms with Gasteiger partial charge in [0, 0.05) is 35.6 Å². The topological polar surface area (TPSA) is 75.8 Å². The van der Waals surface area contributed by atoms with E-state index >= 15 is 0 Å². The molecule has 0 spiro atoms. The van der Waals surface area contributed by atoms with Gasteiger partial charge in [0.05, 0.1) is 24.2 Å². The Balaban J connectivity index is 1.72. The molecular formula is C17H20N2O4S. The van der Waals surface area contributed by atoms with Crippen LogP contribution in [0.1, 0.15) is 23.0 Å². The van der Waals surface area contributed by atoms with E-state index in [0.717, 1.165) is 4.88 Å². The van der Waals surface area contributed by atoms with E-state index in [4.69, 9.17) is 4.74 Å². The first kappa shape index (κ1) is 17.0. The van der Waals surface area contributed by atoms with Gasteiger partial charge in [-0.25, -0.2) is 0 Å². The molecule has 7 heteroatoms. The summed E-state index contributed by atoms with van der Waals surface area (Å²) in [5, 5.41) is 23.6. The summed E-state index contributed by atoms with van der Waals surface area (Å²) < 4.78 is 5.56. The lowest BCUT2D eigenvalue weighted by molar-refractivity contribution is -0.385. The van der Waals surface area contributed by atoms with Crippen molar-refractivity contribution in [3.8, 4) is 0 Å². The fourth-order valence-electron chi connectivity index (χ4n) is 3.01. The molecule has 2 atom stereocenters. The average molecular weight is 348 g/mol. The van der Waals surface area contributed by atoms with E-state index in [1.165, 1.54) is 17.4 Å². The maximum absolute atomic E-state index is 11.2. The second kappa shape index (κ2) is 7.85. The van der Waals surface area contributed by atoms with Gasteiger partial charge in [-0.05, 0) is 17.9 Å². The van der Waals surface area contributed by atoms with E-state index in [-0.39, 0.29) is 16.7 Å². The Labute approximate surface area is 144 Å². The molecule has 2 unspecified atom stereocenters. The van der Waals surface area contributed by atoms with Gasteiger partial charge in [-0.1, -0.05) is 24.3 Å². The quantitative estimate of drug-likeness (QED) is 0.641. The van der Waals surface area contributed by atoms with Crippen LogP contribution < -0.4 is 0 Å². The fraction of sp³-hybridized carbons (Fsp3) is 0.412. The van der Waals surface area contributed by atoms with Crippen LogP contribution in [0, 0.1) is 10.1 Å². The van der Waals surface area contributed by atoms with E-state index in [9.17, 15) is 15.2 Å². The number of nitrogens with zero attached hydrogens (tertiary/aromatic N) is 2. The third kappa shape index (κ3) is 3.99. The standard InChI is InChI=1S/C17H20N2O4S/c20-16(17-6-3-9-24-17)10-14-12-23-8-7-18(14)11-13-4-1-2-5-15(13)19(21)22/h1-6,9,14,16,20H,7-8,10-12H2. The van der Waals surface area contributed by atoms with Gasteiger partial charge in [-0.15, -0.1) is 11.3 Å². The average Bonchev–Trinajstić information content (AvgIpc) is 3.11. The Morgan fingerprint density at radius 1 is 1.38 bits per heavy atom. The number of thiophene rings is 1. The van der Waals surface area contributed by atoms with Crippen molar-refractivity contribution in [3.05, 3.63) is 62.3 Å². The molecule has 0 aliphatic carbocycles. The Morgan fingerprint density at radius 3 is 2.96 bits per heavy atom. The second-order valence-electron chi connectivity index (χ2n) is 5.85. The molecule has 1 aromatic carbocycles. The molecule has 3 rings (SSSR count). The lowest BCUT2D eigenvalue weighted by atomic mass is 10.0. The maximum atomic E-state index is 11.2. The number of hydrogen-bond acceptors (Lipinski definition) is 6. The summed E-state index contributed by atoms with van der Waals surface area (Å²) in [4.78, 5) is 14.0. The highest BCUT2D eigenvalue weighted by Gasteiger charge is 2.28. The minimum Gasteiger partial charge on any atom is -0.388 e. The van der Waals surface area contributed by atoms with Crippen molar-refractivity contribution in [1.29, 1.82) is 0 Å². The minimum atomic E-state index is -0.537. The fourth-order valence-corrected chi connectivity index (χ4v) is 3.74. The summed E-state index contributed by atoms with van der Waals surface area (Å²) >= 11 is 1.53. The Morgan fingerprint density at radius 2 is 2.21 bits per heavy atom. The number of morpholine rings is 1. The third-order valence-electron chi connectivity index (χ3n) is 4.28. The van der Waals surface area contributed by atoms with Crippen LogP contribution >= 0.6 is 11.3 Å². The summed E-state index contributed by atoms with van der Waals surface area (Å²) in [6.07, 6.45) is 0.0196. The van der Waals surface area contributed by atoms with Gasteiger partial charge in [0.25, 0.3) is 5.69 Å². The zero-order valence-corrected chi connectivity index (χ0v) is 14.0. The van der Waals surface area contributed by atoms with E-state index in [0.29, 0.717) is 38.3 Å². The predicted octanol–water partition coefficient (Wildman–Crippen LogP) is 2.98. The predicted molar refractivity (Wildman–Crippen MR) is 92.0 cm³/mol. The van der Waals surface area contributed by atoms with Crippen LogP contribution in [-0.2, 0) is 11.3 Å². The molecule has 1 fully saturated rings. The SMILES string of the molecule is O=[N+]([O-])c1ccccc1CN1CCOCC1CC(O)c1cccs1. The number of aliphatic hydroxyl groups excluding tert-OH is 1. The van der Waals surface area contributed by atoms with Gasteiger partial charge >= 0.3 is 0 Å². The number of ether oxygens (including phenoxy) is 1. The summed E-state index contributed by atoms with van der Waals surface area (Å²) in [5.74, 6) is 0. The number of nitro groups is 1. The summed E-state index contributed by atoms with van der Waals surface area (Å²) in [6.45, 7) is 2.32. The van der Waals surface area contributed by atoms with Crippen LogP contribution in [0.4, 0.5) is 5.69 Å². The highest BCUT2D eigenvalue weighted by molar-refractivity contribution is 7.10. The molecule has 2 heterocycles. The molecule has 1 saturated heterocycles.